The zero-order valence-electron chi connectivity index (χ0n) is 18.2. The summed E-state index contributed by atoms with van der Waals surface area (Å²) < 4.78 is 16.8. The van der Waals surface area contributed by atoms with Crippen LogP contribution in [0.25, 0.3) is 38.6 Å². The van der Waals surface area contributed by atoms with E-state index in [1.165, 1.54) is 12.1 Å². The van der Waals surface area contributed by atoms with Gasteiger partial charge < -0.3 is 9.55 Å². The number of halogens is 2. The van der Waals surface area contributed by atoms with Crippen LogP contribution in [0.2, 0.25) is 5.02 Å². The smallest absolute Gasteiger partial charge is 0.261 e. The number of hydrogen-bond donors (Lipinski definition) is 1. The first-order valence-electron chi connectivity index (χ1n) is 10.9. The molecule has 0 radical (unpaired) electrons. The molecule has 4 heterocycles. The molecule has 0 saturated carbocycles. The van der Waals surface area contributed by atoms with Crippen LogP contribution in [-0.4, -0.2) is 24.1 Å². The molecule has 0 spiro atoms. The van der Waals surface area contributed by atoms with Crippen LogP contribution >= 0.6 is 11.6 Å². The van der Waals surface area contributed by atoms with E-state index in [1.54, 1.807) is 33.6 Å². The molecule has 0 aliphatic carbocycles. The average Bonchev–Trinajstić information content (AvgIpc) is 3.39. The van der Waals surface area contributed by atoms with Gasteiger partial charge in [-0.3, -0.25) is 4.79 Å². The van der Waals surface area contributed by atoms with E-state index in [4.69, 9.17) is 11.6 Å². The highest BCUT2D eigenvalue weighted by Crippen LogP contribution is 2.29. The molecule has 0 unspecified atom stereocenters. The van der Waals surface area contributed by atoms with E-state index in [0.29, 0.717) is 34.5 Å². The molecule has 0 amide bonds. The fourth-order valence-corrected chi connectivity index (χ4v) is 4.72. The van der Waals surface area contributed by atoms with Crippen molar-refractivity contribution in [3.8, 4) is 11.1 Å². The minimum Gasteiger partial charge on any atom is -0.361 e. The number of nitrogens with one attached hydrogen (secondary N) is 1. The summed E-state index contributed by atoms with van der Waals surface area (Å²) in [5, 5.41) is 6.87. The number of hydrogen-bond acceptors (Lipinski definition) is 3. The Morgan fingerprint density at radius 1 is 1.09 bits per heavy atom. The fraction of sp³-hybridized carbons (Fsp3) is 0.115. The molecule has 6 nitrogen and oxygen atoms in total. The number of H-pyrrole nitrogens is 1. The van der Waals surface area contributed by atoms with Gasteiger partial charge in [-0.1, -0.05) is 23.7 Å². The number of benzene rings is 2. The van der Waals surface area contributed by atoms with Crippen molar-refractivity contribution in [2.45, 2.75) is 19.9 Å². The summed E-state index contributed by atoms with van der Waals surface area (Å²) in [7, 11) is 0. The molecular weight excluding hydrogens is 453 g/mol. The van der Waals surface area contributed by atoms with Gasteiger partial charge in [-0.2, -0.15) is 5.10 Å². The van der Waals surface area contributed by atoms with E-state index in [1.807, 2.05) is 37.4 Å². The third kappa shape index (κ3) is 3.28. The molecular formula is C26H19ClFN5O. The van der Waals surface area contributed by atoms with E-state index in [9.17, 15) is 9.18 Å². The Hall–Kier alpha value is -3.97. The summed E-state index contributed by atoms with van der Waals surface area (Å²) in [5.41, 5.74) is 5.71. The number of nitrogens with zero attached hydrogens (tertiary/aromatic N) is 4. The van der Waals surface area contributed by atoms with Crippen LogP contribution in [-0.2, 0) is 13.0 Å². The van der Waals surface area contributed by atoms with Gasteiger partial charge in [0.25, 0.3) is 5.56 Å². The number of aromatic amines is 1. The second kappa shape index (κ2) is 7.81. The Bertz CT molecular complexity index is 1760. The molecule has 4 aromatic heterocycles. The maximum absolute atomic E-state index is 13.4. The zero-order chi connectivity index (χ0) is 23.4. The van der Waals surface area contributed by atoms with Crippen LogP contribution in [0.15, 0.2) is 71.9 Å². The van der Waals surface area contributed by atoms with Crippen molar-refractivity contribution in [2.24, 2.45) is 0 Å². The third-order valence-electron chi connectivity index (χ3n) is 6.24. The van der Waals surface area contributed by atoms with E-state index < -0.39 is 0 Å². The van der Waals surface area contributed by atoms with Crippen LogP contribution in [0.3, 0.4) is 0 Å². The Kier molecular flexibility index (Phi) is 4.74. The van der Waals surface area contributed by atoms with Crippen LogP contribution in [0.4, 0.5) is 4.39 Å². The Labute approximate surface area is 198 Å². The predicted molar refractivity (Wildman–Crippen MR) is 132 cm³/mol. The molecule has 0 saturated heterocycles. The SMILES string of the molecule is Cc1nn2c(ncc3c(=O)n(CCc4c[nH]c5ccc(Cl)cc45)ccc32)c1-c1ccc(F)cc1. The van der Waals surface area contributed by atoms with Crippen molar-refractivity contribution in [3.63, 3.8) is 0 Å². The van der Waals surface area contributed by atoms with Gasteiger partial charge in [0.15, 0.2) is 5.65 Å². The van der Waals surface area contributed by atoms with Crippen molar-refractivity contribution in [3.05, 3.63) is 99.6 Å². The monoisotopic (exact) mass is 471 g/mol. The molecule has 8 heteroatoms. The molecule has 0 aliphatic heterocycles. The van der Waals surface area contributed by atoms with Crippen LogP contribution in [0, 0.1) is 12.7 Å². The second-order valence-electron chi connectivity index (χ2n) is 8.33. The largest absolute Gasteiger partial charge is 0.361 e. The first-order valence-corrected chi connectivity index (χ1v) is 11.3. The molecule has 0 aliphatic rings. The van der Waals surface area contributed by atoms with Gasteiger partial charge in [-0.25, -0.2) is 13.9 Å². The summed E-state index contributed by atoms with van der Waals surface area (Å²) in [6, 6.07) is 13.9. The normalized spacial score (nSPS) is 11.7. The summed E-state index contributed by atoms with van der Waals surface area (Å²) in [6.07, 6.45) is 6.03. The number of pyridine rings is 1. The van der Waals surface area contributed by atoms with E-state index in [2.05, 4.69) is 15.1 Å². The van der Waals surface area contributed by atoms with E-state index in [-0.39, 0.29) is 11.4 Å². The molecule has 6 aromatic rings. The minimum absolute atomic E-state index is 0.124. The maximum atomic E-state index is 13.4. The maximum Gasteiger partial charge on any atom is 0.261 e. The zero-order valence-corrected chi connectivity index (χ0v) is 19.0. The Morgan fingerprint density at radius 2 is 1.91 bits per heavy atom. The number of rotatable bonds is 4. The van der Waals surface area contributed by atoms with Gasteiger partial charge in [0.1, 0.15) is 5.82 Å². The molecule has 0 atom stereocenters. The third-order valence-corrected chi connectivity index (χ3v) is 6.48. The number of aromatic nitrogens is 5. The predicted octanol–water partition coefficient (Wildman–Crippen LogP) is 5.54. The molecule has 168 valence electrons. The molecule has 2 aromatic carbocycles. The van der Waals surface area contributed by atoms with Crippen molar-refractivity contribution >= 4 is 39.1 Å². The highest BCUT2D eigenvalue weighted by atomic mass is 35.5. The lowest BCUT2D eigenvalue weighted by atomic mass is 10.1. The quantitative estimate of drug-likeness (QED) is 0.367. The van der Waals surface area contributed by atoms with Gasteiger partial charge >= 0.3 is 0 Å². The second-order valence-corrected chi connectivity index (χ2v) is 8.76. The van der Waals surface area contributed by atoms with Gasteiger partial charge in [-0.15, -0.1) is 0 Å². The molecule has 6 rings (SSSR count). The molecule has 0 bridgehead atoms. The van der Waals surface area contributed by atoms with Gasteiger partial charge in [0.05, 0.1) is 16.6 Å². The highest BCUT2D eigenvalue weighted by molar-refractivity contribution is 6.31. The standard InChI is InChI=1S/C26H19ClFN5O/c1-15-24(16-2-5-19(28)6-3-16)25-30-14-21-23(33(25)31-15)9-11-32(26(21)34)10-8-17-13-29-22-7-4-18(27)12-20(17)22/h2-7,9,11-14,29H,8,10H2,1H3. The molecule has 0 fully saturated rings. The van der Waals surface area contributed by atoms with E-state index in [0.717, 1.165) is 33.3 Å². The fourth-order valence-electron chi connectivity index (χ4n) is 4.55. The van der Waals surface area contributed by atoms with Gasteiger partial charge in [0, 0.05) is 46.6 Å². The van der Waals surface area contributed by atoms with E-state index >= 15 is 0 Å². The van der Waals surface area contributed by atoms with Crippen LogP contribution in [0.5, 0.6) is 0 Å². The highest BCUT2D eigenvalue weighted by Gasteiger charge is 2.16. The summed E-state index contributed by atoms with van der Waals surface area (Å²) in [5.74, 6) is -0.299. The lowest BCUT2D eigenvalue weighted by molar-refractivity contribution is 0.628. The topological polar surface area (TPSA) is 68.0 Å². The Morgan fingerprint density at radius 3 is 2.74 bits per heavy atom. The summed E-state index contributed by atoms with van der Waals surface area (Å²) in [4.78, 5) is 21.1. The first kappa shape index (κ1) is 20.6. The van der Waals surface area contributed by atoms with Crippen molar-refractivity contribution < 1.29 is 4.39 Å². The van der Waals surface area contributed by atoms with Crippen LogP contribution in [0.1, 0.15) is 11.3 Å². The Balaban J connectivity index is 1.39. The summed E-state index contributed by atoms with van der Waals surface area (Å²) in [6.45, 7) is 2.40. The first-order chi connectivity index (χ1) is 16.5. The lowest BCUT2D eigenvalue weighted by Gasteiger charge is -2.08. The minimum atomic E-state index is -0.299. The molecule has 34 heavy (non-hydrogen) atoms. The van der Waals surface area contributed by atoms with Crippen molar-refractivity contribution in [1.29, 1.82) is 0 Å². The van der Waals surface area contributed by atoms with Crippen LogP contribution < -0.4 is 5.56 Å². The van der Waals surface area contributed by atoms with Gasteiger partial charge in [-0.05, 0) is 60.9 Å². The number of fused-ring (bicyclic) bond motifs is 4. The average molecular weight is 472 g/mol. The number of aryl methyl sites for hydroxylation is 3. The summed E-state index contributed by atoms with van der Waals surface area (Å²) >= 11 is 6.16. The van der Waals surface area contributed by atoms with Crippen molar-refractivity contribution in [2.75, 3.05) is 0 Å². The van der Waals surface area contributed by atoms with Crippen molar-refractivity contribution in [1.82, 2.24) is 24.1 Å². The van der Waals surface area contributed by atoms with Gasteiger partial charge in [0.2, 0.25) is 0 Å². The molecule has 1 N–H and O–H groups in total. The lowest BCUT2D eigenvalue weighted by Crippen LogP contribution is -2.21.